The van der Waals surface area contributed by atoms with E-state index in [1.165, 1.54) is 21.3 Å². The first kappa shape index (κ1) is 24.3. The van der Waals surface area contributed by atoms with Gasteiger partial charge < -0.3 is 24.5 Å². The summed E-state index contributed by atoms with van der Waals surface area (Å²) in [7, 11) is -3.95. The molecule has 178 valence electrons. The largest absolute Gasteiger partial charge is 0.484 e. The van der Waals surface area contributed by atoms with Crippen LogP contribution in [0.3, 0.4) is 0 Å². The first-order valence-corrected chi connectivity index (χ1v) is 11.7. The van der Waals surface area contributed by atoms with Gasteiger partial charge in [0.05, 0.1) is 13.0 Å². The molecule has 1 aromatic carbocycles. The maximum atomic E-state index is 12.8. The molecule has 0 saturated carbocycles. The number of primary amides is 1. The molecule has 0 unspecified atom stereocenters. The Morgan fingerprint density at radius 3 is 2.30 bits per heavy atom. The second-order valence-electron chi connectivity index (χ2n) is 7.20. The van der Waals surface area contributed by atoms with Crippen LogP contribution in [-0.2, 0) is 30.8 Å². The van der Waals surface area contributed by atoms with Crippen molar-refractivity contribution >= 4 is 27.8 Å². The summed E-state index contributed by atoms with van der Waals surface area (Å²) in [6.07, 6.45) is 0.120. The van der Waals surface area contributed by atoms with E-state index in [-0.39, 0.29) is 62.6 Å². The van der Waals surface area contributed by atoms with Gasteiger partial charge >= 0.3 is 5.97 Å². The van der Waals surface area contributed by atoms with Crippen LogP contribution in [0.5, 0.6) is 5.75 Å². The summed E-state index contributed by atoms with van der Waals surface area (Å²) in [6.45, 7) is 2.09. The van der Waals surface area contributed by atoms with Crippen molar-refractivity contribution in [2.45, 2.75) is 18.4 Å². The highest BCUT2D eigenvalue weighted by molar-refractivity contribution is 7.89. The van der Waals surface area contributed by atoms with Crippen molar-refractivity contribution in [1.82, 2.24) is 9.21 Å². The van der Waals surface area contributed by atoms with Crippen molar-refractivity contribution in [2.75, 3.05) is 39.4 Å². The molecule has 0 aliphatic carbocycles. The monoisotopic (exact) mass is 479 g/mol. The third-order valence-corrected chi connectivity index (χ3v) is 6.68. The number of sulfonamides is 1. The van der Waals surface area contributed by atoms with Gasteiger partial charge in [-0.3, -0.25) is 9.59 Å². The molecule has 0 atom stereocenters. The van der Waals surface area contributed by atoms with E-state index in [0.29, 0.717) is 5.75 Å². The van der Waals surface area contributed by atoms with Crippen LogP contribution in [-0.4, -0.2) is 74.8 Å². The number of nitrogens with zero attached hydrogens (tertiary/aromatic N) is 2. The normalized spacial score (nSPS) is 14.6. The van der Waals surface area contributed by atoms with E-state index in [4.69, 9.17) is 19.6 Å². The maximum absolute atomic E-state index is 12.8. The Labute approximate surface area is 191 Å². The molecule has 2 amide bonds. The first-order valence-electron chi connectivity index (χ1n) is 10.3. The molecule has 1 fully saturated rings. The number of hydrogen-bond acceptors (Lipinski definition) is 8. The molecule has 1 aliphatic heterocycles. The molecule has 2 aromatic rings. The number of piperazine rings is 1. The van der Waals surface area contributed by atoms with Crippen LogP contribution in [0.2, 0.25) is 0 Å². The molecule has 3 rings (SSSR count). The summed E-state index contributed by atoms with van der Waals surface area (Å²) in [6, 6.07) is 9.13. The van der Waals surface area contributed by atoms with E-state index >= 15 is 0 Å². The van der Waals surface area contributed by atoms with Crippen molar-refractivity contribution < 1.29 is 36.7 Å². The lowest BCUT2D eigenvalue weighted by Crippen LogP contribution is -2.51. The molecule has 2 N–H and O–H groups in total. The number of carbonyl (C=O) groups is 3. The Balaban J connectivity index is 1.51. The topological polar surface area (TPSA) is 149 Å². The minimum absolute atomic E-state index is 0.0747. The van der Waals surface area contributed by atoms with Gasteiger partial charge in [-0.25, -0.2) is 13.2 Å². The summed E-state index contributed by atoms with van der Waals surface area (Å²) >= 11 is 0. The summed E-state index contributed by atoms with van der Waals surface area (Å²) in [5.41, 5.74) is 5.89. The van der Waals surface area contributed by atoms with E-state index in [2.05, 4.69) is 0 Å². The molecular weight excluding hydrogens is 454 g/mol. The molecule has 11 nitrogen and oxygen atoms in total. The molecule has 2 heterocycles. The number of nitrogens with two attached hydrogens (primary N) is 1. The lowest BCUT2D eigenvalue weighted by molar-refractivity contribution is -0.134. The van der Waals surface area contributed by atoms with Gasteiger partial charge in [0, 0.05) is 26.2 Å². The third kappa shape index (κ3) is 6.11. The van der Waals surface area contributed by atoms with Crippen molar-refractivity contribution in [2.24, 2.45) is 5.73 Å². The summed E-state index contributed by atoms with van der Waals surface area (Å²) < 4.78 is 42.2. The smallest absolute Gasteiger partial charge is 0.374 e. The standard InChI is InChI=1S/C21H25N3O8S/c1-2-30-21(27)17-7-8-20(32-17)33(28,29)24-11-9-23(10-12-24)19(26)14-31-16-5-3-15(4-6-16)13-18(22)25/h3-8H,2,9-14H2,1H3,(H2,22,25). The predicted octanol–water partition coefficient (Wildman–Crippen LogP) is 0.396. The van der Waals surface area contributed by atoms with Gasteiger partial charge in [0.2, 0.25) is 16.8 Å². The highest BCUT2D eigenvalue weighted by Gasteiger charge is 2.33. The van der Waals surface area contributed by atoms with Crippen LogP contribution >= 0.6 is 0 Å². The Hall–Kier alpha value is -3.38. The van der Waals surface area contributed by atoms with Gasteiger partial charge in [-0.1, -0.05) is 12.1 Å². The second-order valence-corrected chi connectivity index (χ2v) is 9.07. The quantitative estimate of drug-likeness (QED) is 0.508. The van der Waals surface area contributed by atoms with Gasteiger partial charge in [-0.05, 0) is 36.8 Å². The van der Waals surface area contributed by atoms with Crippen molar-refractivity contribution in [3.63, 3.8) is 0 Å². The zero-order valence-corrected chi connectivity index (χ0v) is 18.9. The fourth-order valence-corrected chi connectivity index (χ4v) is 4.55. The number of benzene rings is 1. The van der Waals surface area contributed by atoms with E-state index in [9.17, 15) is 22.8 Å². The Bertz CT molecular complexity index is 1100. The highest BCUT2D eigenvalue weighted by Crippen LogP contribution is 2.21. The van der Waals surface area contributed by atoms with Crippen LogP contribution in [0.4, 0.5) is 0 Å². The number of ether oxygens (including phenoxy) is 2. The van der Waals surface area contributed by atoms with Crippen LogP contribution in [0, 0.1) is 0 Å². The van der Waals surface area contributed by atoms with Crippen LogP contribution < -0.4 is 10.5 Å². The molecule has 1 aliphatic rings. The van der Waals surface area contributed by atoms with Gasteiger partial charge in [0.1, 0.15) is 5.75 Å². The minimum Gasteiger partial charge on any atom is -0.484 e. The van der Waals surface area contributed by atoms with Crippen LogP contribution in [0.15, 0.2) is 45.9 Å². The Morgan fingerprint density at radius 1 is 1.03 bits per heavy atom. The highest BCUT2D eigenvalue weighted by atomic mass is 32.2. The SMILES string of the molecule is CCOC(=O)c1ccc(S(=O)(=O)N2CCN(C(=O)COc3ccc(CC(N)=O)cc3)CC2)o1. The predicted molar refractivity (Wildman–Crippen MR) is 115 cm³/mol. The fraction of sp³-hybridized carbons (Fsp3) is 0.381. The minimum atomic E-state index is -3.95. The van der Waals surface area contributed by atoms with E-state index in [1.807, 2.05) is 0 Å². The Kier molecular flexibility index (Phi) is 7.71. The van der Waals surface area contributed by atoms with Crippen LogP contribution in [0.25, 0.3) is 0 Å². The molecule has 1 saturated heterocycles. The number of rotatable bonds is 9. The number of esters is 1. The van der Waals surface area contributed by atoms with Crippen LogP contribution in [0.1, 0.15) is 23.0 Å². The fourth-order valence-electron chi connectivity index (χ4n) is 3.22. The molecule has 12 heteroatoms. The summed E-state index contributed by atoms with van der Waals surface area (Å²) in [4.78, 5) is 36.6. The van der Waals surface area contributed by atoms with Crippen molar-refractivity contribution in [1.29, 1.82) is 0 Å². The van der Waals surface area contributed by atoms with Crippen molar-refractivity contribution in [3.05, 3.63) is 47.7 Å². The number of furan rings is 1. The Morgan fingerprint density at radius 2 is 1.70 bits per heavy atom. The molecule has 33 heavy (non-hydrogen) atoms. The first-order chi connectivity index (χ1) is 15.7. The van der Waals surface area contributed by atoms with Gasteiger partial charge in [-0.15, -0.1) is 0 Å². The van der Waals surface area contributed by atoms with Gasteiger partial charge in [0.15, 0.2) is 6.61 Å². The second kappa shape index (κ2) is 10.5. The number of carbonyl (C=O) groups excluding carboxylic acids is 3. The van der Waals surface area contributed by atoms with E-state index in [0.717, 1.165) is 5.56 Å². The molecule has 0 radical (unpaired) electrons. The van der Waals surface area contributed by atoms with E-state index in [1.54, 1.807) is 31.2 Å². The molecule has 1 aromatic heterocycles. The number of hydrogen-bond donors (Lipinski definition) is 1. The number of amides is 2. The molecular formula is C21H25N3O8S. The molecule has 0 bridgehead atoms. The van der Waals surface area contributed by atoms with E-state index < -0.39 is 21.9 Å². The third-order valence-electron chi connectivity index (χ3n) is 4.91. The molecule has 0 spiro atoms. The lowest BCUT2D eigenvalue weighted by atomic mass is 10.1. The average molecular weight is 480 g/mol. The summed E-state index contributed by atoms with van der Waals surface area (Å²) in [5, 5.41) is -0.353. The van der Waals surface area contributed by atoms with Gasteiger partial charge in [-0.2, -0.15) is 4.31 Å². The zero-order valence-electron chi connectivity index (χ0n) is 18.1. The maximum Gasteiger partial charge on any atom is 0.374 e. The summed E-state index contributed by atoms with van der Waals surface area (Å²) in [5.74, 6) is -1.18. The lowest BCUT2D eigenvalue weighted by Gasteiger charge is -2.33. The van der Waals surface area contributed by atoms with Gasteiger partial charge in [0.25, 0.3) is 15.9 Å². The van der Waals surface area contributed by atoms with Crippen molar-refractivity contribution in [3.8, 4) is 5.75 Å². The average Bonchev–Trinajstić information content (AvgIpc) is 3.30. The zero-order chi connectivity index (χ0) is 24.0.